The zero-order valence-corrected chi connectivity index (χ0v) is 30.4. The first-order valence-electron chi connectivity index (χ1n) is 16.7. The quantitative estimate of drug-likeness (QED) is 0.260. The van der Waals surface area contributed by atoms with Gasteiger partial charge < -0.3 is 25.5 Å². The van der Waals surface area contributed by atoms with Gasteiger partial charge in [0.05, 0.1) is 22.9 Å². The number of aliphatic hydroxyl groups is 1. The number of amides is 3. The lowest BCUT2D eigenvalue weighted by Crippen LogP contribution is -2.64. The van der Waals surface area contributed by atoms with Crippen LogP contribution in [-0.4, -0.2) is 90.0 Å². The Hall–Kier alpha value is -2.93. The predicted octanol–water partition coefficient (Wildman–Crippen LogP) is 3.74. The Morgan fingerprint density at radius 2 is 1.65 bits per heavy atom. The van der Waals surface area contributed by atoms with Crippen LogP contribution < -0.4 is 16.0 Å². The molecule has 1 aliphatic carbocycles. The lowest BCUT2D eigenvalue weighted by atomic mass is 9.72. The van der Waals surface area contributed by atoms with Gasteiger partial charge in [0.1, 0.15) is 6.04 Å². The fourth-order valence-electron chi connectivity index (χ4n) is 6.82. The summed E-state index contributed by atoms with van der Waals surface area (Å²) in [4.78, 5) is 42.8. The van der Waals surface area contributed by atoms with Gasteiger partial charge in [-0.2, -0.15) is 0 Å². The Labute approximate surface area is 289 Å². The van der Waals surface area contributed by atoms with Gasteiger partial charge in [-0.05, 0) is 95.0 Å². The van der Waals surface area contributed by atoms with Crippen molar-refractivity contribution in [1.29, 1.82) is 0 Å². The highest BCUT2D eigenvalue weighted by atomic mass is 35.5. The van der Waals surface area contributed by atoms with Crippen LogP contribution in [0.5, 0.6) is 0 Å². The van der Waals surface area contributed by atoms with Gasteiger partial charge in [-0.25, -0.2) is 8.42 Å². The maximum absolute atomic E-state index is 14.1. The van der Waals surface area contributed by atoms with E-state index in [-0.39, 0.29) is 29.9 Å². The monoisotopic (exact) mass is 706 g/mol. The number of benzene rings is 1. The fourth-order valence-corrected chi connectivity index (χ4v) is 7.56. The van der Waals surface area contributed by atoms with E-state index in [1.165, 1.54) is 26.0 Å². The Morgan fingerprint density at radius 3 is 2.23 bits per heavy atom. The summed E-state index contributed by atoms with van der Waals surface area (Å²) in [6.45, 7) is 9.30. The van der Waals surface area contributed by atoms with Crippen LogP contribution in [0.1, 0.15) is 82.8 Å². The van der Waals surface area contributed by atoms with Crippen molar-refractivity contribution in [1.82, 2.24) is 20.9 Å². The number of nitrogens with zero attached hydrogens (tertiary/aromatic N) is 1. The Morgan fingerprint density at radius 1 is 1.00 bits per heavy atom. The number of likely N-dealkylation sites (tertiary alicyclic amines) is 1. The number of carbonyl (C=O) groups is 3. The van der Waals surface area contributed by atoms with Crippen LogP contribution in [0.15, 0.2) is 46.9 Å². The van der Waals surface area contributed by atoms with Crippen molar-refractivity contribution in [3.05, 3.63) is 59.0 Å². The molecule has 2 aromatic rings. The van der Waals surface area contributed by atoms with E-state index in [4.69, 9.17) is 16.0 Å². The Balaban J connectivity index is 1.62. The van der Waals surface area contributed by atoms with Crippen LogP contribution in [0.25, 0.3) is 0 Å². The molecule has 11 nitrogen and oxygen atoms in total. The lowest BCUT2D eigenvalue weighted by Gasteiger charge is -2.47. The molecule has 4 rings (SSSR count). The number of fused-ring (bicyclic) bond motifs is 1. The van der Waals surface area contributed by atoms with E-state index in [2.05, 4.69) is 16.0 Å². The third kappa shape index (κ3) is 9.61. The van der Waals surface area contributed by atoms with Gasteiger partial charge in [0.25, 0.3) is 5.91 Å². The molecule has 3 amide bonds. The number of aliphatic hydroxyl groups excluding tert-OH is 1. The highest BCUT2D eigenvalue weighted by Crippen LogP contribution is 2.39. The smallest absolute Gasteiger partial charge is 0.287 e. The van der Waals surface area contributed by atoms with Crippen molar-refractivity contribution in [3.8, 4) is 0 Å². The highest BCUT2D eigenvalue weighted by Gasteiger charge is 2.46. The topological polar surface area (TPSA) is 158 Å². The van der Waals surface area contributed by atoms with Crippen LogP contribution in [0, 0.1) is 11.8 Å². The van der Waals surface area contributed by atoms with Crippen molar-refractivity contribution < 1.29 is 32.3 Å². The first-order chi connectivity index (χ1) is 22.4. The molecule has 0 radical (unpaired) electrons. The molecule has 2 fully saturated rings. The third-order valence-corrected chi connectivity index (χ3v) is 12.2. The number of hydrogen-bond donors (Lipinski definition) is 4. The maximum Gasteiger partial charge on any atom is 0.287 e. The molecule has 48 heavy (non-hydrogen) atoms. The SMILES string of the molecule is CC(C)(C)NC(=O)C1CC2CCCCC2CN1CC(O)C(Cc1ccccc1)NC(=O)C(NC(=O)c1ccc(Cl)o1)C(C)(C)S(C)(=O)=O. The van der Waals surface area contributed by atoms with Gasteiger partial charge in [-0.3, -0.25) is 19.3 Å². The standard InChI is InChI=1S/C35H51ClN4O7S/c1-34(2,3)39-31(42)26-19-23-14-10-11-15-24(23)20-40(26)21-27(41)25(18-22-12-8-7-9-13-22)37-33(44)30(35(4,5)48(6,45)46)38-32(43)28-16-17-29(36)47-28/h7-9,12-13,16-17,23-27,30,41H,10-11,14-15,18-21H2,1-6H3,(H,37,44)(H,38,43)(H,39,42). The van der Waals surface area contributed by atoms with E-state index in [1.807, 2.05) is 56.0 Å². The normalized spacial score (nSPS) is 22.5. The summed E-state index contributed by atoms with van der Waals surface area (Å²) in [5.74, 6) is -1.02. The van der Waals surface area contributed by atoms with Crippen LogP contribution in [0.4, 0.5) is 0 Å². The molecule has 4 N–H and O–H groups in total. The molecule has 2 aliphatic rings. The summed E-state index contributed by atoms with van der Waals surface area (Å²) >= 11 is 5.85. The molecule has 0 spiro atoms. The summed E-state index contributed by atoms with van der Waals surface area (Å²) < 4.78 is 29.3. The minimum Gasteiger partial charge on any atom is -0.440 e. The average Bonchev–Trinajstić information content (AvgIpc) is 3.44. The van der Waals surface area contributed by atoms with Crippen molar-refractivity contribution >= 4 is 39.2 Å². The predicted molar refractivity (Wildman–Crippen MR) is 185 cm³/mol. The van der Waals surface area contributed by atoms with Gasteiger partial charge in [0, 0.05) is 24.9 Å². The minimum absolute atomic E-state index is 0.0404. The van der Waals surface area contributed by atoms with Gasteiger partial charge in [-0.15, -0.1) is 0 Å². The highest BCUT2D eigenvalue weighted by molar-refractivity contribution is 7.92. The van der Waals surface area contributed by atoms with Gasteiger partial charge >= 0.3 is 0 Å². The Bertz CT molecular complexity index is 1540. The van der Waals surface area contributed by atoms with E-state index in [1.54, 1.807) is 0 Å². The lowest BCUT2D eigenvalue weighted by molar-refractivity contribution is -0.133. The van der Waals surface area contributed by atoms with Crippen molar-refractivity contribution in [3.63, 3.8) is 0 Å². The van der Waals surface area contributed by atoms with Crippen molar-refractivity contribution in [2.24, 2.45) is 11.8 Å². The third-order valence-electron chi connectivity index (χ3n) is 9.80. The van der Waals surface area contributed by atoms with Gasteiger partial charge in [-0.1, -0.05) is 49.6 Å². The van der Waals surface area contributed by atoms with E-state index < -0.39 is 56.2 Å². The summed E-state index contributed by atoms with van der Waals surface area (Å²) in [6, 6.07) is 9.12. The van der Waals surface area contributed by atoms with E-state index in [0.717, 1.165) is 37.5 Å². The molecular formula is C35H51ClN4O7S. The van der Waals surface area contributed by atoms with Gasteiger partial charge in [0.2, 0.25) is 11.8 Å². The number of rotatable bonds is 12. The van der Waals surface area contributed by atoms with Crippen LogP contribution >= 0.6 is 11.6 Å². The second-order valence-electron chi connectivity index (χ2n) is 15.0. The molecule has 2 heterocycles. The fraction of sp³-hybridized carbons (Fsp3) is 0.629. The number of carbonyl (C=O) groups excluding carboxylic acids is 3. The summed E-state index contributed by atoms with van der Waals surface area (Å²) in [6.07, 6.45) is 5.21. The molecule has 266 valence electrons. The van der Waals surface area contributed by atoms with Crippen LogP contribution in [0.2, 0.25) is 5.22 Å². The maximum atomic E-state index is 14.1. The molecule has 13 heteroatoms. The molecular weight excluding hydrogens is 656 g/mol. The second kappa shape index (κ2) is 15.3. The molecule has 1 aliphatic heterocycles. The minimum atomic E-state index is -3.90. The largest absolute Gasteiger partial charge is 0.440 e. The van der Waals surface area contributed by atoms with E-state index >= 15 is 0 Å². The Kier molecular flexibility index (Phi) is 12.1. The van der Waals surface area contributed by atoms with E-state index in [0.29, 0.717) is 24.8 Å². The number of piperidine rings is 1. The van der Waals surface area contributed by atoms with E-state index in [9.17, 15) is 27.9 Å². The zero-order valence-electron chi connectivity index (χ0n) is 28.8. The summed E-state index contributed by atoms with van der Waals surface area (Å²) in [5, 5.41) is 20.4. The number of β-amino-alcohol motifs (C(OH)–C–C–N with tert-alkyl or cyclic N) is 1. The molecule has 0 bridgehead atoms. The molecule has 1 saturated heterocycles. The van der Waals surface area contributed by atoms with Crippen LogP contribution in [-0.2, 0) is 25.8 Å². The average molecular weight is 707 g/mol. The molecule has 1 aromatic heterocycles. The van der Waals surface area contributed by atoms with Gasteiger partial charge in [0.15, 0.2) is 20.8 Å². The number of nitrogens with one attached hydrogen (secondary N) is 3. The number of furan rings is 1. The van der Waals surface area contributed by atoms with Crippen molar-refractivity contribution in [2.75, 3.05) is 19.3 Å². The second-order valence-corrected chi connectivity index (χ2v) is 18.0. The molecule has 1 saturated carbocycles. The van der Waals surface area contributed by atoms with Crippen molar-refractivity contribution in [2.45, 2.75) is 108 Å². The number of halogens is 1. The molecule has 6 atom stereocenters. The summed E-state index contributed by atoms with van der Waals surface area (Å²) in [5.41, 5.74) is 0.407. The first kappa shape index (κ1) is 37.9. The summed E-state index contributed by atoms with van der Waals surface area (Å²) in [7, 11) is -3.90. The first-order valence-corrected chi connectivity index (χ1v) is 19.0. The number of hydrogen-bond acceptors (Lipinski definition) is 8. The zero-order chi connectivity index (χ0) is 35.4. The number of sulfone groups is 1. The molecule has 1 aromatic carbocycles. The van der Waals surface area contributed by atoms with Crippen LogP contribution in [0.3, 0.4) is 0 Å². The molecule has 6 unspecified atom stereocenters.